The zero-order chi connectivity index (χ0) is 10.8. The third kappa shape index (κ3) is 1.79. The molecule has 4 heteroatoms. The van der Waals surface area contributed by atoms with E-state index in [0.29, 0.717) is 5.88 Å². The Bertz CT molecular complexity index is 502. The topological polar surface area (TPSA) is 51.5 Å². The second kappa shape index (κ2) is 3.65. The molecule has 0 fully saturated rings. The Morgan fingerprint density at radius 2 is 2.20 bits per heavy atom. The number of aliphatic carboxylic acids is 1. The fourth-order valence-corrected chi connectivity index (χ4v) is 1.54. The van der Waals surface area contributed by atoms with Crippen LogP contribution in [0.15, 0.2) is 30.3 Å². The fraction of sp³-hybridized carbons (Fsp3) is 0.182. The van der Waals surface area contributed by atoms with Crippen LogP contribution in [0.1, 0.15) is 0 Å². The van der Waals surface area contributed by atoms with E-state index in [4.69, 9.17) is 9.84 Å². The van der Waals surface area contributed by atoms with Crippen molar-refractivity contribution in [2.24, 2.45) is 7.05 Å². The number of ether oxygens (including phenoxy) is 1. The average molecular weight is 205 g/mol. The molecular weight excluding hydrogens is 194 g/mol. The van der Waals surface area contributed by atoms with Crippen LogP contribution in [-0.2, 0) is 11.8 Å². The Morgan fingerprint density at radius 3 is 2.87 bits per heavy atom. The summed E-state index contributed by atoms with van der Waals surface area (Å²) in [7, 11) is 1.85. The average Bonchev–Trinajstić information content (AvgIpc) is 2.54. The summed E-state index contributed by atoms with van der Waals surface area (Å²) in [5, 5.41) is 9.55. The van der Waals surface area contributed by atoms with E-state index in [9.17, 15) is 4.79 Å². The van der Waals surface area contributed by atoms with E-state index in [0.717, 1.165) is 10.9 Å². The summed E-state index contributed by atoms with van der Waals surface area (Å²) in [4.78, 5) is 10.4. The molecular formula is C11H11NO3. The normalized spacial score (nSPS) is 10.5. The lowest BCUT2D eigenvalue weighted by molar-refractivity contribution is -0.139. The Labute approximate surface area is 86.7 Å². The minimum absolute atomic E-state index is 0.315. The zero-order valence-electron chi connectivity index (χ0n) is 8.30. The summed E-state index contributed by atoms with van der Waals surface area (Å²) in [5.41, 5.74) is 1.03. The van der Waals surface area contributed by atoms with Gasteiger partial charge in [-0.2, -0.15) is 0 Å². The van der Waals surface area contributed by atoms with Gasteiger partial charge in [0.25, 0.3) is 0 Å². The van der Waals surface area contributed by atoms with E-state index in [-0.39, 0.29) is 6.61 Å². The van der Waals surface area contributed by atoms with Crippen LogP contribution in [0.2, 0.25) is 0 Å². The molecule has 0 aliphatic heterocycles. The number of para-hydroxylation sites is 1. The molecule has 0 saturated carbocycles. The number of hydrogen-bond acceptors (Lipinski definition) is 2. The van der Waals surface area contributed by atoms with E-state index in [1.807, 2.05) is 41.9 Å². The monoisotopic (exact) mass is 205 g/mol. The number of carbonyl (C=O) groups is 1. The molecule has 1 aromatic heterocycles. The van der Waals surface area contributed by atoms with Crippen LogP contribution >= 0.6 is 0 Å². The second-order valence-corrected chi connectivity index (χ2v) is 3.28. The Morgan fingerprint density at radius 1 is 1.47 bits per heavy atom. The fourth-order valence-electron chi connectivity index (χ4n) is 1.54. The van der Waals surface area contributed by atoms with Gasteiger partial charge in [0.1, 0.15) is 0 Å². The number of aromatic nitrogens is 1. The largest absolute Gasteiger partial charge is 0.479 e. The maximum Gasteiger partial charge on any atom is 0.341 e. The predicted octanol–water partition coefficient (Wildman–Crippen LogP) is 1.64. The van der Waals surface area contributed by atoms with Crippen LogP contribution in [-0.4, -0.2) is 22.2 Å². The van der Waals surface area contributed by atoms with Crippen molar-refractivity contribution < 1.29 is 14.6 Å². The van der Waals surface area contributed by atoms with Gasteiger partial charge in [0, 0.05) is 18.5 Å². The second-order valence-electron chi connectivity index (χ2n) is 3.28. The summed E-state index contributed by atoms with van der Waals surface area (Å²) < 4.78 is 6.98. The molecule has 4 nitrogen and oxygen atoms in total. The molecule has 1 aromatic carbocycles. The van der Waals surface area contributed by atoms with Gasteiger partial charge >= 0.3 is 5.97 Å². The molecule has 0 atom stereocenters. The molecule has 1 N–H and O–H groups in total. The Kier molecular flexibility index (Phi) is 2.33. The Balaban J connectivity index is 2.36. The van der Waals surface area contributed by atoms with E-state index in [1.54, 1.807) is 0 Å². The number of aryl methyl sites for hydroxylation is 1. The van der Waals surface area contributed by atoms with Gasteiger partial charge in [0.15, 0.2) is 12.5 Å². The van der Waals surface area contributed by atoms with Crippen molar-refractivity contribution in [3.63, 3.8) is 0 Å². The van der Waals surface area contributed by atoms with Gasteiger partial charge in [-0.05, 0) is 6.07 Å². The first-order valence-electron chi connectivity index (χ1n) is 4.57. The van der Waals surface area contributed by atoms with Gasteiger partial charge in [0.2, 0.25) is 0 Å². The van der Waals surface area contributed by atoms with Crippen LogP contribution in [0.4, 0.5) is 0 Å². The number of benzene rings is 1. The lowest BCUT2D eigenvalue weighted by Crippen LogP contribution is -2.11. The smallest absolute Gasteiger partial charge is 0.341 e. The third-order valence-electron chi connectivity index (χ3n) is 2.25. The number of fused-ring (bicyclic) bond motifs is 1. The van der Waals surface area contributed by atoms with Gasteiger partial charge in [-0.3, -0.25) is 0 Å². The first-order chi connectivity index (χ1) is 7.18. The quantitative estimate of drug-likeness (QED) is 0.828. The van der Waals surface area contributed by atoms with Crippen molar-refractivity contribution in [1.82, 2.24) is 4.57 Å². The molecule has 0 spiro atoms. The summed E-state index contributed by atoms with van der Waals surface area (Å²) in [6, 6.07) is 9.62. The van der Waals surface area contributed by atoms with Crippen LogP contribution in [0, 0.1) is 0 Å². The lowest BCUT2D eigenvalue weighted by atomic mass is 10.2. The first-order valence-corrected chi connectivity index (χ1v) is 4.57. The molecule has 0 bridgehead atoms. The molecule has 0 unspecified atom stereocenters. The molecule has 1 heterocycles. The van der Waals surface area contributed by atoms with Crippen molar-refractivity contribution >= 4 is 16.9 Å². The van der Waals surface area contributed by atoms with Gasteiger partial charge in [-0.15, -0.1) is 0 Å². The van der Waals surface area contributed by atoms with Crippen LogP contribution in [0.3, 0.4) is 0 Å². The van der Waals surface area contributed by atoms with Gasteiger partial charge in [-0.1, -0.05) is 18.2 Å². The number of carboxylic acid groups (broad SMARTS) is 1. The van der Waals surface area contributed by atoms with Crippen molar-refractivity contribution in [1.29, 1.82) is 0 Å². The van der Waals surface area contributed by atoms with E-state index >= 15 is 0 Å². The SMILES string of the molecule is Cn1c(OCC(=O)O)cc2ccccc21. The maximum atomic E-state index is 10.4. The first kappa shape index (κ1) is 9.58. The zero-order valence-corrected chi connectivity index (χ0v) is 8.30. The molecule has 0 aliphatic carbocycles. The predicted molar refractivity (Wildman–Crippen MR) is 56.0 cm³/mol. The van der Waals surface area contributed by atoms with Crippen molar-refractivity contribution in [2.75, 3.05) is 6.61 Å². The highest BCUT2D eigenvalue weighted by atomic mass is 16.5. The molecule has 2 rings (SSSR count). The van der Waals surface area contributed by atoms with Crippen molar-refractivity contribution in [2.45, 2.75) is 0 Å². The Hall–Kier alpha value is -1.97. The molecule has 78 valence electrons. The lowest BCUT2D eigenvalue weighted by Gasteiger charge is -2.03. The summed E-state index contributed by atoms with van der Waals surface area (Å²) in [5.74, 6) is -0.404. The maximum absolute atomic E-state index is 10.4. The summed E-state index contributed by atoms with van der Waals surface area (Å²) in [6.45, 7) is -0.315. The van der Waals surface area contributed by atoms with Crippen LogP contribution < -0.4 is 4.74 Å². The van der Waals surface area contributed by atoms with Crippen molar-refractivity contribution in [3.8, 4) is 5.88 Å². The molecule has 0 aliphatic rings. The van der Waals surface area contributed by atoms with Crippen LogP contribution in [0.25, 0.3) is 10.9 Å². The van der Waals surface area contributed by atoms with E-state index < -0.39 is 5.97 Å². The standard InChI is InChI=1S/C11H11NO3/c1-12-9-5-3-2-4-8(9)6-10(12)15-7-11(13)14/h2-6H,7H2,1H3,(H,13,14). The number of carboxylic acids is 1. The number of nitrogens with zero attached hydrogens (tertiary/aromatic N) is 1. The molecule has 0 radical (unpaired) electrons. The highest BCUT2D eigenvalue weighted by Crippen LogP contribution is 2.23. The molecule has 2 aromatic rings. The summed E-state index contributed by atoms with van der Waals surface area (Å²) in [6.07, 6.45) is 0. The van der Waals surface area contributed by atoms with Gasteiger partial charge < -0.3 is 14.4 Å². The third-order valence-corrected chi connectivity index (χ3v) is 2.25. The highest BCUT2D eigenvalue weighted by Gasteiger charge is 2.07. The number of hydrogen-bond donors (Lipinski definition) is 1. The van der Waals surface area contributed by atoms with Crippen LogP contribution in [0.5, 0.6) is 5.88 Å². The minimum Gasteiger partial charge on any atom is -0.479 e. The molecule has 0 amide bonds. The molecule has 0 saturated heterocycles. The van der Waals surface area contributed by atoms with E-state index in [1.165, 1.54) is 0 Å². The van der Waals surface area contributed by atoms with E-state index in [2.05, 4.69) is 0 Å². The van der Waals surface area contributed by atoms with Crippen molar-refractivity contribution in [3.05, 3.63) is 30.3 Å². The number of rotatable bonds is 3. The highest BCUT2D eigenvalue weighted by molar-refractivity contribution is 5.82. The minimum atomic E-state index is -0.972. The summed E-state index contributed by atoms with van der Waals surface area (Å²) >= 11 is 0. The van der Waals surface area contributed by atoms with Gasteiger partial charge in [0.05, 0.1) is 5.52 Å². The molecule has 15 heavy (non-hydrogen) atoms. The van der Waals surface area contributed by atoms with Gasteiger partial charge in [-0.25, -0.2) is 4.79 Å².